The van der Waals surface area contributed by atoms with E-state index in [1.807, 2.05) is 0 Å². The van der Waals surface area contributed by atoms with E-state index >= 15 is 0 Å². The van der Waals surface area contributed by atoms with Crippen LogP contribution in [0, 0.1) is 5.92 Å². The fourth-order valence-electron chi connectivity index (χ4n) is 2.15. The number of rotatable bonds is 6. The summed E-state index contributed by atoms with van der Waals surface area (Å²) in [6.45, 7) is 3.96. The third-order valence-corrected chi connectivity index (χ3v) is 4.05. The van der Waals surface area contributed by atoms with E-state index in [0.29, 0.717) is 34.6 Å². The van der Waals surface area contributed by atoms with Gasteiger partial charge in [-0.3, -0.25) is 4.79 Å². The molecule has 0 bridgehead atoms. The maximum absolute atomic E-state index is 11.8. The molecule has 5 nitrogen and oxygen atoms in total. The Morgan fingerprint density at radius 2 is 2.08 bits per heavy atom. The van der Waals surface area contributed by atoms with E-state index in [1.165, 1.54) is 0 Å². The van der Waals surface area contributed by atoms with Gasteiger partial charge in [-0.2, -0.15) is 0 Å². The number of nitrogens with one attached hydrogen (secondary N) is 2. The minimum absolute atomic E-state index is 0.128. The van der Waals surface area contributed by atoms with Gasteiger partial charge in [0.05, 0.1) is 10.7 Å². The van der Waals surface area contributed by atoms with Gasteiger partial charge >= 0.3 is 0 Å². The highest BCUT2D eigenvalue weighted by molar-refractivity contribution is 7.80. The van der Waals surface area contributed by atoms with Crippen molar-refractivity contribution in [3.63, 3.8) is 0 Å². The standard InChI is InChI=1S/C18H21ClN2O3S/c1-11(2)3-8-17(23)21-18(25)20-15-9-12(4-6-14(15)19)16-7-5-13(10-22)24-16/h4-7,9,11,22H,3,8,10H2,1-2H3,(H2,20,21,23,25). The molecular weight excluding hydrogens is 360 g/mol. The van der Waals surface area contributed by atoms with Crippen LogP contribution in [0.3, 0.4) is 0 Å². The van der Waals surface area contributed by atoms with Gasteiger partial charge in [0.2, 0.25) is 5.91 Å². The number of thiocarbonyl (C=S) groups is 1. The number of halogens is 1. The van der Waals surface area contributed by atoms with Crippen LogP contribution in [0.1, 0.15) is 32.4 Å². The van der Waals surface area contributed by atoms with E-state index in [1.54, 1.807) is 30.3 Å². The Labute approximate surface area is 157 Å². The van der Waals surface area contributed by atoms with E-state index in [4.69, 9.17) is 33.3 Å². The first-order valence-corrected chi connectivity index (χ1v) is 8.78. The Morgan fingerprint density at radius 1 is 1.32 bits per heavy atom. The zero-order valence-corrected chi connectivity index (χ0v) is 15.7. The van der Waals surface area contributed by atoms with Gasteiger partial charge in [0.15, 0.2) is 5.11 Å². The fourth-order valence-corrected chi connectivity index (χ4v) is 2.54. The van der Waals surface area contributed by atoms with Crippen molar-refractivity contribution in [3.8, 4) is 11.3 Å². The van der Waals surface area contributed by atoms with Gasteiger partial charge in [-0.05, 0) is 54.9 Å². The number of aliphatic hydroxyl groups is 1. The molecule has 0 saturated carbocycles. The summed E-state index contributed by atoms with van der Waals surface area (Å²) < 4.78 is 5.51. The number of anilines is 1. The van der Waals surface area contributed by atoms with Crippen LogP contribution in [-0.4, -0.2) is 16.1 Å². The molecule has 25 heavy (non-hydrogen) atoms. The van der Waals surface area contributed by atoms with Crippen molar-refractivity contribution in [2.45, 2.75) is 33.3 Å². The summed E-state index contributed by atoms with van der Waals surface area (Å²) >= 11 is 11.4. The summed E-state index contributed by atoms with van der Waals surface area (Å²) in [5.74, 6) is 1.41. The summed E-state index contributed by atoms with van der Waals surface area (Å²) in [6.07, 6.45) is 1.22. The highest BCUT2D eigenvalue weighted by atomic mass is 35.5. The normalized spacial score (nSPS) is 10.8. The number of hydrogen-bond acceptors (Lipinski definition) is 4. The largest absolute Gasteiger partial charge is 0.459 e. The molecule has 1 amide bonds. The molecule has 7 heteroatoms. The number of aliphatic hydroxyl groups excluding tert-OH is 1. The average Bonchev–Trinajstić information content (AvgIpc) is 3.04. The van der Waals surface area contributed by atoms with Gasteiger partial charge < -0.3 is 20.2 Å². The second kappa shape index (κ2) is 8.99. The number of hydrogen-bond donors (Lipinski definition) is 3. The lowest BCUT2D eigenvalue weighted by Crippen LogP contribution is -2.34. The van der Waals surface area contributed by atoms with Crippen molar-refractivity contribution < 1.29 is 14.3 Å². The highest BCUT2D eigenvalue weighted by Gasteiger charge is 2.11. The zero-order valence-electron chi connectivity index (χ0n) is 14.1. The number of carbonyl (C=O) groups is 1. The average molecular weight is 381 g/mol. The first kappa shape index (κ1) is 19.4. The Morgan fingerprint density at radius 3 is 2.72 bits per heavy atom. The van der Waals surface area contributed by atoms with Gasteiger partial charge in [-0.1, -0.05) is 25.4 Å². The second-order valence-electron chi connectivity index (χ2n) is 6.05. The maximum Gasteiger partial charge on any atom is 0.226 e. The molecule has 0 aliphatic carbocycles. The molecule has 0 saturated heterocycles. The summed E-state index contributed by atoms with van der Waals surface area (Å²) in [6, 6.07) is 8.76. The molecule has 1 aromatic heterocycles. The molecule has 2 aromatic rings. The van der Waals surface area contributed by atoms with Crippen LogP contribution in [0.25, 0.3) is 11.3 Å². The summed E-state index contributed by atoms with van der Waals surface area (Å²) in [5, 5.41) is 15.3. The molecule has 0 atom stereocenters. The third kappa shape index (κ3) is 5.85. The lowest BCUT2D eigenvalue weighted by atomic mass is 10.1. The molecule has 3 N–H and O–H groups in total. The minimum atomic E-state index is -0.162. The van der Waals surface area contributed by atoms with Crippen LogP contribution in [0.2, 0.25) is 5.02 Å². The van der Waals surface area contributed by atoms with Crippen molar-refractivity contribution in [2.75, 3.05) is 5.32 Å². The summed E-state index contributed by atoms with van der Waals surface area (Å²) in [4.78, 5) is 11.8. The second-order valence-corrected chi connectivity index (χ2v) is 6.87. The van der Waals surface area contributed by atoms with Gasteiger partial charge in [-0.15, -0.1) is 0 Å². The lowest BCUT2D eigenvalue weighted by molar-refractivity contribution is -0.119. The lowest BCUT2D eigenvalue weighted by Gasteiger charge is -2.12. The maximum atomic E-state index is 11.8. The van der Waals surface area contributed by atoms with E-state index < -0.39 is 0 Å². The Hall–Kier alpha value is -1.89. The third-order valence-electron chi connectivity index (χ3n) is 3.52. The van der Waals surface area contributed by atoms with Gasteiger partial charge in [0.1, 0.15) is 18.1 Å². The van der Waals surface area contributed by atoms with Crippen LogP contribution in [0.4, 0.5) is 5.69 Å². The molecule has 0 radical (unpaired) electrons. The predicted octanol–water partition coefficient (Wildman–Crippen LogP) is 4.34. The Kier molecular flexibility index (Phi) is 6.99. The van der Waals surface area contributed by atoms with Gasteiger partial charge in [-0.25, -0.2) is 0 Å². The van der Waals surface area contributed by atoms with Gasteiger partial charge in [0.25, 0.3) is 0 Å². The van der Waals surface area contributed by atoms with Crippen molar-refractivity contribution in [1.82, 2.24) is 5.32 Å². The molecule has 0 spiro atoms. The van der Waals surface area contributed by atoms with Crippen LogP contribution in [-0.2, 0) is 11.4 Å². The first-order valence-electron chi connectivity index (χ1n) is 7.99. The molecule has 0 fully saturated rings. The molecule has 0 aliphatic heterocycles. The number of furan rings is 1. The number of carbonyl (C=O) groups excluding carboxylic acids is 1. The first-order chi connectivity index (χ1) is 11.9. The summed E-state index contributed by atoms with van der Waals surface area (Å²) in [5.41, 5.74) is 1.34. The molecule has 2 rings (SSSR count). The van der Waals surface area contributed by atoms with Crippen molar-refractivity contribution in [3.05, 3.63) is 41.1 Å². The fraction of sp³-hybridized carbons (Fsp3) is 0.333. The Bertz CT molecular complexity index is 759. The van der Waals surface area contributed by atoms with Crippen LogP contribution < -0.4 is 10.6 Å². The van der Waals surface area contributed by atoms with E-state index in [-0.39, 0.29) is 17.6 Å². The molecule has 1 heterocycles. The Balaban J connectivity index is 2.04. The van der Waals surface area contributed by atoms with Crippen LogP contribution in [0.15, 0.2) is 34.7 Å². The van der Waals surface area contributed by atoms with Gasteiger partial charge in [0, 0.05) is 12.0 Å². The number of amides is 1. The van der Waals surface area contributed by atoms with E-state index in [2.05, 4.69) is 24.5 Å². The smallest absolute Gasteiger partial charge is 0.226 e. The van der Waals surface area contributed by atoms with E-state index in [0.717, 1.165) is 12.0 Å². The van der Waals surface area contributed by atoms with Crippen molar-refractivity contribution in [2.24, 2.45) is 5.92 Å². The SMILES string of the molecule is CC(C)CCC(=O)NC(=S)Nc1cc(-c2ccc(CO)o2)ccc1Cl. The predicted molar refractivity (Wildman–Crippen MR) is 104 cm³/mol. The van der Waals surface area contributed by atoms with Crippen LogP contribution >= 0.6 is 23.8 Å². The zero-order chi connectivity index (χ0) is 18.4. The van der Waals surface area contributed by atoms with Crippen molar-refractivity contribution >= 4 is 40.5 Å². The monoisotopic (exact) mass is 380 g/mol. The van der Waals surface area contributed by atoms with Crippen molar-refractivity contribution in [1.29, 1.82) is 0 Å². The van der Waals surface area contributed by atoms with Crippen LogP contribution in [0.5, 0.6) is 0 Å². The minimum Gasteiger partial charge on any atom is -0.459 e. The molecular formula is C18H21ClN2O3S. The molecule has 0 aliphatic rings. The van der Waals surface area contributed by atoms with E-state index in [9.17, 15) is 4.79 Å². The molecule has 0 unspecified atom stereocenters. The highest BCUT2D eigenvalue weighted by Crippen LogP contribution is 2.30. The summed E-state index contributed by atoms with van der Waals surface area (Å²) in [7, 11) is 0. The topological polar surface area (TPSA) is 74.5 Å². The molecule has 134 valence electrons. The number of benzene rings is 1. The quantitative estimate of drug-likeness (QED) is 0.650. The molecule has 1 aromatic carbocycles.